The standard InChI is InChI=1S/C14H30NO5P/c1-12(2)14(16)15-10-8-6-7-9-11-18-21(20-17-5)19-13(3)4/h12-13H,6-11H2,1-5H3,(H,15,16). The van der Waals surface area contributed by atoms with Gasteiger partial charge in [-0.25, -0.2) is 4.89 Å². The highest BCUT2D eigenvalue weighted by Gasteiger charge is 2.15. The van der Waals surface area contributed by atoms with Gasteiger partial charge in [-0.1, -0.05) is 26.7 Å². The molecule has 0 aromatic heterocycles. The minimum atomic E-state index is -1.42. The van der Waals surface area contributed by atoms with E-state index in [0.29, 0.717) is 6.61 Å². The minimum Gasteiger partial charge on any atom is -0.356 e. The van der Waals surface area contributed by atoms with Gasteiger partial charge >= 0.3 is 8.60 Å². The van der Waals surface area contributed by atoms with Gasteiger partial charge in [-0.2, -0.15) is 4.67 Å². The van der Waals surface area contributed by atoms with Gasteiger partial charge in [-0.15, -0.1) is 0 Å². The topological polar surface area (TPSA) is 66.0 Å². The number of amides is 1. The van der Waals surface area contributed by atoms with Gasteiger partial charge in [0.1, 0.15) is 0 Å². The average molecular weight is 323 g/mol. The van der Waals surface area contributed by atoms with Crippen molar-refractivity contribution in [3.05, 3.63) is 0 Å². The Labute approximate surface area is 129 Å². The molecule has 1 unspecified atom stereocenters. The van der Waals surface area contributed by atoms with Gasteiger partial charge < -0.3 is 14.4 Å². The molecule has 0 saturated heterocycles. The van der Waals surface area contributed by atoms with Crippen LogP contribution in [0.15, 0.2) is 0 Å². The molecule has 0 aliphatic heterocycles. The Bertz CT molecular complexity index is 264. The molecule has 7 heteroatoms. The molecule has 0 rings (SSSR count). The lowest BCUT2D eigenvalue weighted by atomic mass is 10.2. The van der Waals surface area contributed by atoms with E-state index in [-0.39, 0.29) is 17.9 Å². The summed E-state index contributed by atoms with van der Waals surface area (Å²) in [6, 6.07) is 0. The van der Waals surface area contributed by atoms with Gasteiger partial charge in [0.2, 0.25) is 5.91 Å². The average Bonchev–Trinajstić information content (AvgIpc) is 2.40. The van der Waals surface area contributed by atoms with Crippen molar-refractivity contribution in [3.63, 3.8) is 0 Å². The SMILES string of the molecule is COOP(OCCCCCCNC(=O)C(C)C)OC(C)C. The summed E-state index contributed by atoms with van der Waals surface area (Å²) in [4.78, 5) is 15.9. The van der Waals surface area contributed by atoms with E-state index in [1.54, 1.807) is 0 Å². The van der Waals surface area contributed by atoms with Crippen LogP contribution >= 0.6 is 8.60 Å². The molecule has 0 aliphatic carbocycles. The number of unbranched alkanes of at least 4 members (excludes halogenated alkanes) is 3. The lowest BCUT2D eigenvalue weighted by molar-refractivity contribution is -0.192. The van der Waals surface area contributed by atoms with E-state index >= 15 is 0 Å². The van der Waals surface area contributed by atoms with Crippen LogP contribution in [0.4, 0.5) is 0 Å². The molecule has 6 nitrogen and oxygen atoms in total. The first-order chi connectivity index (χ1) is 9.97. The molecule has 0 saturated carbocycles. The second-order valence-corrected chi connectivity index (χ2v) is 6.38. The number of carbonyl (C=O) groups excluding carboxylic acids is 1. The van der Waals surface area contributed by atoms with E-state index in [1.807, 2.05) is 27.7 Å². The van der Waals surface area contributed by atoms with Crippen LogP contribution in [0.3, 0.4) is 0 Å². The third kappa shape index (κ3) is 13.1. The third-order valence-electron chi connectivity index (χ3n) is 2.52. The van der Waals surface area contributed by atoms with E-state index in [2.05, 4.69) is 10.2 Å². The van der Waals surface area contributed by atoms with E-state index < -0.39 is 8.60 Å². The Morgan fingerprint density at radius 2 is 1.76 bits per heavy atom. The quantitative estimate of drug-likeness (QED) is 0.243. The lowest BCUT2D eigenvalue weighted by Gasteiger charge is -2.16. The molecule has 0 bridgehead atoms. The van der Waals surface area contributed by atoms with Crippen LogP contribution in [0.5, 0.6) is 0 Å². The number of nitrogens with one attached hydrogen (secondary N) is 1. The van der Waals surface area contributed by atoms with Crippen molar-refractivity contribution in [1.82, 2.24) is 5.32 Å². The normalized spacial score (nSPS) is 12.9. The van der Waals surface area contributed by atoms with Crippen LogP contribution in [-0.2, 0) is 23.4 Å². The zero-order valence-corrected chi connectivity index (χ0v) is 14.8. The Kier molecular flexibility index (Phi) is 13.2. The molecule has 1 amide bonds. The number of hydrogen-bond acceptors (Lipinski definition) is 5. The molecular formula is C14H30NO5P. The van der Waals surface area contributed by atoms with Gasteiger partial charge in [0.05, 0.1) is 19.8 Å². The van der Waals surface area contributed by atoms with E-state index in [4.69, 9.17) is 13.7 Å². The van der Waals surface area contributed by atoms with Crippen LogP contribution < -0.4 is 5.32 Å². The molecule has 0 aromatic carbocycles. The summed E-state index contributed by atoms with van der Waals surface area (Å²) in [5, 5.41) is 2.91. The predicted molar refractivity (Wildman–Crippen MR) is 83.5 cm³/mol. The maximum Gasteiger partial charge on any atom is 0.363 e. The Balaban J connectivity index is 3.47. The van der Waals surface area contributed by atoms with E-state index in [1.165, 1.54) is 7.11 Å². The summed E-state index contributed by atoms with van der Waals surface area (Å²) < 4.78 is 15.8. The van der Waals surface area contributed by atoms with Crippen LogP contribution in [0.2, 0.25) is 0 Å². The van der Waals surface area contributed by atoms with Gasteiger partial charge in [0, 0.05) is 12.5 Å². The third-order valence-corrected chi connectivity index (χ3v) is 3.78. The molecule has 1 atom stereocenters. The van der Waals surface area contributed by atoms with E-state index in [9.17, 15) is 4.79 Å². The van der Waals surface area contributed by atoms with Gasteiger partial charge in [-0.05, 0) is 26.7 Å². The van der Waals surface area contributed by atoms with Crippen LogP contribution in [0.1, 0.15) is 53.4 Å². The smallest absolute Gasteiger partial charge is 0.356 e. The Morgan fingerprint density at radius 1 is 1.10 bits per heavy atom. The summed E-state index contributed by atoms with van der Waals surface area (Å²) in [5.41, 5.74) is 0. The summed E-state index contributed by atoms with van der Waals surface area (Å²) in [6.45, 7) is 8.96. The molecular weight excluding hydrogens is 293 g/mol. The van der Waals surface area contributed by atoms with Crippen molar-refractivity contribution in [2.45, 2.75) is 59.5 Å². The number of carbonyl (C=O) groups is 1. The van der Waals surface area contributed by atoms with Crippen molar-refractivity contribution in [3.8, 4) is 0 Å². The van der Waals surface area contributed by atoms with Gasteiger partial charge in [-0.3, -0.25) is 4.79 Å². The second-order valence-electron chi connectivity index (χ2n) is 5.31. The van der Waals surface area contributed by atoms with Crippen LogP contribution in [0, 0.1) is 5.92 Å². The predicted octanol–water partition coefficient (Wildman–Crippen LogP) is 3.57. The zero-order chi connectivity index (χ0) is 16.1. The fourth-order valence-corrected chi connectivity index (χ4v) is 2.32. The maximum absolute atomic E-state index is 11.3. The summed E-state index contributed by atoms with van der Waals surface area (Å²) >= 11 is 0. The van der Waals surface area contributed by atoms with Crippen LogP contribution in [-0.4, -0.2) is 32.3 Å². The fraction of sp³-hybridized carbons (Fsp3) is 0.929. The monoisotopic (exact) mass is 323 g/mol. The molecule has 0 fully saturated rings. The highest BCUT2D eigenvalue weighted by atomic mass is 31.2. The molecule has 1 N–H and O–H groups in total. The first kappa shape index (κ1) is 20.7. The summed E-state index contributed by atoms with van der Waals surface area (Å²) in [6.07, 6.45) is 4.08. The van der Waals surface area contributed by atoms with Gasteiger partial charge in [0.15, 0.2) is 0 Å². The lowest BCUT2D eigenvalue weighted by Crippen LogP contribution is -2.28. The van der Waals surface area contributed by atoms with Crippen molar-refractivity contribution >= 4 is 14.5 Å². The molecule has 0 aliphatic rings. The molecule has 0 spiro atoms. The first-order valence-corrected chi connectivity index (χ1v) is 8.65. The van der Waals surface area contributed by atoms with E-state index in [0.717, 1.165) is 32.2 Å². The minimum absolute atomic E-state index is 0.0378. The highest BCUT2D eigenvalue weighted by molar-refractivity contribution is 7.41. The van der Waals surface area contributed by atoms with Crippen molar-refractivity contribution < 1.29 is 23.4 Å². The maximum atomic E-state index is 11.3. The van der Waals surface area contributed by atoms with Crippen LogP contribution in [0.25, 0.3) is 0 Å². The molecule has 0 heterocycles. The molecule has 126 valence electrons. The summed E-state index contributed by atoms with van der Waals surface area (Å²) in [5.74, 6) is 0.172. The Hall–Kier alpha value is -0.260. The number of hydrogen-bond donors (Lipinski definition) is 1. The van der Waals surface area contributed by atoms with Crippen molar-refractivity contribution in [2.24, 2.45) is 5.92 Å². The second kappa shape index (κ2) is 13.4. The molecule has 0 aromatic rings. The molecule has 0 radical (unpaired) electrons. The Morgan fingerprint density at radius 3 is 2.33 bits per heavy atom. The van der Waals surface area contributed by atoms with Crippen molar-refractivity contribution in [1.29, 1.82) is 0 Å². The summed E-state index contributed by atoms with van der Waals surface area (Å²) in [7, 11) is 0.0153. The fourth-order valence-electron chi connectivity index (χ4n) is 1.44. The first-order valence-electron chi connectivity index (χ1n) is 7.55. The van der Waals surface area contributed by atoms with Crippen molar-refractivity contribution in [2.75, 3.05) is 20.3 Å². The zero-order valence-electron chi connectivity index (χ0n) is 13.9. The molecule has 21 heavy (non-hydrogen) atoms. The highest BCUT2D eigenvalue weighted by Crippen LogP contribution is 2.41. The largest absolute Gasteiger partial charge is 0.363 e. The van der Waals surface area contributed by atoms with Gasteiger partial charge in [0.25, 0.3) is 0 Å². The number of rotatable bonds is 13.